The van der Waals surface area contributed by atoms with E-state index in [1.165, 1.54) is 14.2 Å². The van der Waals surface area contributed by atoms with Gasteiger partial charge in [0.1, 0.15) is 5.82 Å². The molecule has 0 unspecified atom stereocenters. The Morgan fingerprint density at radius 2 is 2.06 bits per heavy atom. The van der Waals surface area contributed by atoms with Gasteiger partial charge in [0.2, 0.25) is 5.88 Å². The smallest absolute Gasteiger partial charge is 0.338 e. The number of ether oxygens (including phenoxy) is 2. The van der Waals surface area contributed by atoms with E-state index in [1.807, 2.05) is 0 Å². The van der Waals surface area contributed by atoms with Crippen molar-refractivity contribution in [3.8, 4) is 5.88 Å². The predicted octanol–water partition coefficient (Wildman–Crippen LogP) is 0.833. The van der Waals surface area contributed by atoms with Crippen molar-refractivity contribution in [1.82, 2.24) is 14.6 Å². The molecule has 0 aliphatic heterocycles. The number of aryl methyl sites for hydroxylation is 1. The van der Waals surface area contributed by atoms with Gasteiger partial charge in [0.15, 0.2) is 5.65 Å². The lowest BCUT2D eigenvalue weighted by atomic mass is 10.2. The molecular formula is C10H11N3O3. The second kappa shape index (κ2) is 3.80. The average Bonchev–Trinajstić information content (AvgIpc) is 2.69. The first kappa shape index (κ1) is 10.4. The summed E-state index contributed by atoms with van der Waals surface area (Å²) in [5.41, 5.74) is 0.941. The van der Waals surface area contributed by atoms with E-state index < -0.39 is 5.97 Å². The second-order valence-electron chi connectivity index (χ2n) is 3.22. The van der Waals surface area contributed by atoms with Gasteiger partial charge in [-0.05, 0) is 13.0 Å². The molecule has 0 N–H and O–H groups in total. The van der Waals surface area contributed by atoms with Crippen molar-refractivity contribution in [3.05, 3.63) is 23.5 Å². The summed E-state index contributed by atoms with van der Waals surface area (Å²) in [6.45, 7) is 1.81. The van der Waals surface area contributed by atoms with Crippen LogP contribution in [0.3, 0.4) is 0 Å². The fourth-order valence-electron chi connectivity index (χ4n) is 1.51. The molecule has 2 aromatic rings. The molecule has 0 saturated carbocycles. The monoisotopic (exact) mass is 221 g/mol. The Labute approximate surface area is 91.8 Å². The number of aromatic nitrogens is 3. The molecule has 0 amide bonds. The van der Waals surface area contributed by atoms with Gasteiger partial charge >= 0.3 is 5.97 Å². The van der Waals surface area contributed by atoms with Gasteiger partial charge in [-0.2, -0.15) is 0 Å². The van der Waals surface area contributed by atoms with Crippen LogP contribution in [0.2, 0.25) is 0 Å². The largest absolute Gasteiger partial charge is 0.482 e. The van der Waals surface area contributed by atoms with Crippen LogP contribution < -0.4 is 4.74 Å². The number of pyridine rings is 1. The number of methoxy groups -OCH3 is 2. The van der Waals surface area contributed by atoms with Crippen molar-refractivity contribution < 1.29 is 14.3 Å². The highest BCUT2D eigenvalue weighted by Gasteiger charge is 2.13. The maximum atomic E-state index is 11.4. The van der Waals surface area contributed by atoms with Crippen LogP contribution in [0.25, 0.3) is 5.65 Å². The molecule has 2 heterocycles. The van der Waals surface area contributed by atoms with Crippen molar-refractivity contribution in [2.45, 2.75) is 6.92 Å². The van der Waals surface area contributed by atoms with E-state index in [0.717, 1.165) is 0 Å². The first-order valence-corrected chi connectivity index (χ1v) is 4.65. The Morgan fingerprint density at radius 3 is 2.69 bits per heavy atom. The van der Waals surface area contributed by atoms with E-state index in [-0.39, 0.29) is 0 Å². The Balaban J connectivity index is 2.69. The van der Waals surface area contributed by atoms with Gasteiger partial charge in [-0.3, -0.25) is 0 Å². The maximum absolute atomic E-state index is 11.4. The van der Waals surface area contributed by atoms with E-state index in [9.17, 15) is 4.79 Å². The summed E-state index contributed by atoms with van der Waals surface area (Å²) in [6.07, 6.45) is 0. The number of fused-ring (bicyclic) bond motifs is 1. The summed E-state index contributed by atoms with van der Waals surface area (Å²) < 4.78 is 11.5. The van der Waals surface area contributed by atoms with E-state index in [0.29, 0.717) is 22.9 Å². The molecule has 0 bridgehead atoms. The normalized spacial score (nSPS) is 10.4. The highest BCUT2D eigenvalue weighted by Crippen LogP contribution is 2.18. The lowest BCUT2D eigenvalue weighted by Gasteiger charge is -2.06. The lowest BCUT2D eigenvalue weighted by molar-refractivity contribution is 0.0600. The molecule has 0 aromatic carbocycles. The van der Waals surface area contributed by atoms with Crippen molar-refractivity contribution in [3.63, 3.8) is 0 Å². The summed E-state index contributed by atoms with van der Waals surface area (Å²) in [6, 6.07) is 3.20. The molecule has 0 aliphatic rings. The zero-order chi connectivity index (χ0) is 11.7. The predicted molar refractivity (Wildman–Crippen MR) is 55.6 cm³/mol. The molecule has 6 nitrogen and oxygen atoms in total. The number of hydrogen-bond acceptors (Lipinski definition) is 5. The number of esters is 1. The zero-order valence-corrected chi connectivity index (χ0v) is 9.22. The highest BCUT2D eigenvalue weighted by atomic mass is 16.5. The minimum atomic E-state index is -0.429. The zero-order valence-electron chi connectivity index (χ0n) is 9.22. The summed E-state index contributed by atoms with van der Waals surface area (Å²) in [7, 11) is 2.85. The molecule has 16 heavy (non-hydrogen) atoms. The maximum Gasteiger partial charge on any atom is 0.338 e. The third-order valence-electron chi connectivity index (χ3n) is 2.26. The second-order valence-corrected chi connectivity index (χ2v) is 3.22. The average molecular weight is 221 g/mol. The first-order chi connectivity index (χ1) is 7.67. The fraction of sp³-hybridized carbons (Fsp3) is 0.300. The molecule has 84 valence electrons. The van der Waals surface area contributed by atoms with E-state index in [1.54, 1.807) is 23.5 Å². The molecule has 2 rings (SSSR count). The summed E-state index contributed by atoms with van der Waals surface area (Å²) >= 11 is 0. The van der Waals surface area contributed by atoms with Gasteiger partial charge in [0.25, 0.3) is 0 Å². The van der Waals surface area contributed by atoms with Crippen LogP contribution in [-0.4, -0.2) is 34.8 Å². The molecule has 0 aliphatic carbocycles. The number of hydrogen-bond donors (Lipinski definition) is 0. The van der Waals surface area contributed by atoms with Crippen molar-refractivity contribution >= 4 is 11.6 Å². The quantitative estimate of drug-likeness (QED) is 0.703. The first-order valence-electron chi connectivity index (χ1n) is 4.65. The molecule has 6 heteroatoms. The van der Waals surface area contributed by atoms with Crippen molar-refractivity contribution in [2.75, 3.05) is 14.2 Å². The third-order valence-corrected chi connectivity index (χ3v) is 2.26. The molecule has 0 radical (unpaired) electrons. The minimum absolute atomic E-state index is 0.388. The Bertz CT molecular complexity index is 547. The summed E-state index contributed by atoms with van der Waals surface area (Å²) in [5, 5.41) is 7.84. The van der Waals surface area contributed by atoms with Gasteiger partial charge in [-0.1, -0.05) is 0 Å². The van der Waals surface area contributed by atoms with Crippen molar-refractivity contribution in [2.24, 2.45) is 0 Å². The Kier molecular flexibility index (Phi) is 2.47. The summed E-state index contributed by atoms with van der Waals surface area (Å²) in [5.74, 6) is 0.769. The van der Waals surface area contributed by atoms with Crippen LogP contribution in [0, 0.1) is 6.92 Å². The van der Waals surface area contributed by atoms with Crippen LogP contribution >= 0.6 is 0 Å². The van der Waals surface area contributed by atoms with Crippen LogP contribution in [-0.2, 0) is 4.74 Å². The van der Waals surface area contributed by atoms with E-state index in [2.05, 4.69) is 14.9 Å². The molecule has 0 spiro atoms. The fourth-order valence-corrected chi connectivity index (χ4v) is 1.51. The topological polar surface area (TPSA) is 65.7 Å². The van der Waals surface area contributed by atoms with Crippen LogP contribution in [0.5, 0.6) is 5.88 Å². The number of carbonyl (C=O) groups is 1. The molecule has 0 saturated heterocycles. The third kappa shape index (κ3) is 1.48. The molecule has 2 aromatic heterocycles. The van der Waals surface area contributed by atoms with Gasteiger partial charge < -0.3 is 9.47 Å². The van der Waals surface area contributed by atoms with E-state index in [4.69, 9.17) is 4.74 Å². The minimum Gasteiger partial charge on any atom is -0.482 e. The Morgan fingerprint density at radius 1 is 1.31 bits per heavy atom. The number of nitrogens with zero attached hydrogens (tertiary/aromatic N) is 3. The van der Waals surface area contributed by atoms with Crippen molar-refractivity contribution in [1.29, 1.82) is 0 Å². The van der Waals surface area contributed by atoms with Crippen LogP contribution in [0.15, 0.2) is 12.1 Å². The lowest BCUT2D eigenvalue weighted by Crippen LogP contribution is -2.04. The highest BCUT2D eigenvalue weighted by molar-refractivity contribution is 5.90. The van der Waals surface area contributed by atoms with Gasteiger partial charge in [-0.15, -0.1) is 10.2 Å². The number of rotatable bonds is 2. The van der Waals surface area contributed by atoms with E-state index >= 15 is 0 Å². The SMILES string of the molecule is COC(=O)c1cc(OC)n2c(C)nnc2c1. The molecule has 0 atom stereocenters. The number of carbonyl (C=O) groups excluding carboxylic acids is 1. The van der Waals surface area contributed by atoms with Gasteiger partial charge in [0.05, 0.1) is 19.8 Å². The summed E-state index contributed by atoms with van der Waals surface area (Å²) in [4.78, 5) is 11.4. The standard InChI is InChI=1S/C10H11N3O3/c1-6-11-12-8-4-7(10(14)16-3)5-9(15-2)13(6)8/h4-5H,1-3H3. The molecule has 0 fully saturated rings. The van der Waals surface area contributed by atoms with Crippen LogP contribution in [0.4, 0.5) is 0 Å². The molecular weight excluding hydrogens is 210 g/mol. The van der Waals surface area contributed by atoms with Crippen LogP contribution in [0.1, 0.15) is 16.2 Å². The van der Waals surface area contributed by atoms with Gasteiger partial charge in [0, 0.05) is 6.07 Å². The Hall–Kier alpha value is -2.11. The van der Waals surface area contributed by atoms with Gasteiger partial charge in [-0.25, -0.2) is 9.20 Å².